The molecule has 2 nitrogen and oxygen atoms in total. The standard InChI is InChI=1S/C11H20O2/c1-3-9-8-10(9)6-5-7-11(12)13-4-2/h9-10H,3-8H2,1-2H3/t9-,10+/m1/s1. The summed E-state index contributed by atoms with van der Waals surface area (Å²) in [6, 6.07) is 0. The van der Waals surface area contributed by atoms with E-state index >= 15 is 0 Å². The Morgan fingerprint density at radius 3 is 2.69 bits per heavy atom. The van der Waals surface area contributed by atoms with Gasteiger partial charge in [0, 0.05) is 6.42 Å². The molecule has 0 bridgehead atoms. The summed E-state index contributed by atoms with van der Waals surface area (Å²) in [4.78, 5) is 11.0. The predicted octanol–water partition coefficient (Wildman–Crippen LogP) is 2.77. The Kier molecular flexibility index (Phi) is 4.26. The van der Waals surface area contributed by atoms with Crippen LogP contribution in [0.2, 0.25) is 0 Å². The Hall–Kier alpha value is -0.530. The molecule has 0 amide bonds. The third kappa shape index (κ3) is 3.79. The molecule has 0 spiro atoms. The molecule has 1 aliphatic rings. The fraction of sp³-hybridized carbons (Fsp3) is 0.909. The van der Waals surface area contributed by atoms with Crippen molar-refractivity contribution in [3.63, 3.8) is 0 Å². The molecular weight excluding hydrogens is 164 g/mol. The predicted molar refractivity (Wildman–Crippen MR) is 52.4 cm³/mol. The molecule has 0 radical (unpaired) electrons. The maximum Gasteiger partial charge on any atom is 0.305 e. The minimum absolute atomic E-state index is 0.0313. The van der Waals surface area contributed by atoms with E-state index in [9.17, 15) is 4.79 Å². The number of ether oxygens (including phenoxy) is 1. The van der Waals surface area contributed by atoms with E-state index in [2.05, 4.69) is 6.92 Å². The van der Waals surface area contributed by atoms with Gasteiger partial charge < -0.3 is 4.74 Å². The number of hydrogen-bond donors (Lipinski definition) is 0. The largest absolute Gasteiger partial charge is 0.466 e. The molecule has 2 heteroatoms. The average Bonchev–Trinajstić information content (AvgIpc) is 2.84. The summed E-state index contributed by atoms with van der Waals surface area (Å²) < 4.78 is 4.86. The summed E-state index contributed by atoms with van der Waals surface area (Å²) in [7, 11) is 0. The number of carbonyl (C=O) groups is 1. The topological polar surface area (TPSA) is 26.3 Å². The lowest BCUT2D eigenvalue weighted by Gasteiger charge is -2.00. The minimum atomic E-state index is -0.0313. The molecule has 0 unspecified atom stereocenters. The van der Waals surface area contributed by atoms with Gasteiger partial charge in [0.15, 0.2) is 0 Å². The maximum atomic E-state index is 11.0. The monoisotopic (exact) mass is 184 g/mol. The SMILES string of the molecule is CCOC(=O)CCC[C@H]1C[C@H]1CC. The van der Waals surface area contributed by atoms with Crippen LogP contribution in [0.5, 0.6) is 0 Å². The van der Waals surface area contributed by atoms with E-state index in [4.69, 9.17) is 4.74 Å². The average molecular weight is 184 g/mol. The van der Waals surface area contributed by atoms with E-state index in [1.807, 2.05) is 6.92 Å². The molecule has 13 heavy (non-hydrogen) atoms. The number of carbonyl (C=O) groups excluding carboxylic acids is 1. The Balaban J connectivity index is 1.93. The zero-order chi connectivity index (χ0) is 9.68. The molecule has 0 aromatic carbocycles. The van der Waals surface area contributed by atoms with Gasteiger partial charge in [-0.15, -0.1) is 0 Å². The summed E-state index contributed by atoms with van der Waals surface area (Å²) in [6.45, 7) is 4.61. The summed E-state index contributed by atoms with van der Waals surface area (Å²) in [5.41, 5.74) is 0. The van der Waals surface area contributed by atoms with Crippen LogP contribution >= 0.6 is 0 Å². The second-order valence-corrected chi connectivity index (χ2v) is 3.86. The van der Waals surface area contributed by atoms with E-state index in [1.54, 1.807) is 0 Å². The highest BCUT2D eigenvalue weighted by molar-refractivity contribution is 5.69. The van der Waals surface area contributed by atoms with E-state index in [1.165, 1.54) is 19.3 Å². The summed E-state index contributed by atoms with van der Waals surface area (Å²) in [6.07, 6.45) is 5.54. The molecular formula is C11H20O2. The molecule has 0 aromatic heterocycles. The van der Waals surface area contributed by atoms with Gasteiger partial charge >= 0.3 is 5.97 Å². The van der Waals surface area contributed by atoms with Gasteiger partial charge in [0.05, 0.1) is 6.61 Å². The van der Waals surface area contributed by atoms with Crippen molar-refractivity contribution in [3.8, 4) is 0 Å². The first kappa shape index (κ1) is 10.6. The van der Waals surface area contributed by atoms with Crippen molar-refractivity contribution >= 4 is 5.97 Å². The molecule has 2 atom stereocenters. The van der Waals surface area contributed by atoms with Crippen LogP contribution in [0.15, 0.2) is 0 Å². The van der Waals surface area contributed by atoms with Crippen LogP contribution in [0.4, 0.5) is 0 Å². The van der Waals surface area contributed by atoms with Crippen molar-refractivity contribution in [2.75, 3.05) is 6.61 Å². The van der Waals surface area contributed by atoms with Gasteiger partial charge in [-0.2, -0.15) is 0 Å². The van der Waals surface area contributed by atoms with Gasteiger partial charge in [-0.1, -0.05) is 13.3 Å². The summed E-state index contributed by atoms with van der Waals surface area (Å²) >= 11 is 0. The molecule has 1 rings (SSSR count). The third-order valence-corrected chi connectivity index (χ3v) is 2.85. The van der Waals surface area contributed by atoms with Gasteiger partial charge in [0.2, 0.25) is 0 Å². The lowest BCUT2D eigenvalue weighted by atomic mass is 10.1. The molecule has 1 aliphatic carbocycles. The maximum absolute atomic E-state index is 11.0. The van der Waals surface area contributed by atoms with Gasteiger partial charge in [0.1, 0.15) is 0 Å². The molecule has 0 aromatic rings. The first-order valence-corrected chi connectivity index (χ1v) is 5.43. The highest BCUT2D eigenvalue weighted by Crippen LogP contribution is 2.44. The van der Waals surface area contributed by atoms with Crippen molar-refractivity contribution in [1.82, 2.24) is 0 Å². The highest BCUT2D eigenvalue weighted by atomic mass is 16.5. The van der Waals surface area contributed by atoms with Crippen LogP contribution < -0.4 is 0 Å². The number of hydrogen-bond acceptors (Lipinski definition) is 2. The van der Waals surface area contributed by atoms with Crippen molar-refractivity contribution in [3.05, 3.63) is 0 Å². The summed E-state index contributed by atoms with van der Waals surface area (Å²) in [5.74, 6) is 1.85. The van der Waals surface area contributed by atoms with Crippen molar-refractivity contribution in [1.29, 1.82) is 0 Å². The number of rotatable bonds is 6. The first-order chi connectivity index (χ1) is 6.27. The van der Waals surface area contributed by atoms with Crippen LogP contribution in [0.25, 0.3) is 0 Å². The molecule has 1 saturated carbocycles. The van der Waals surface area contributed by atoms with Gasteiger partial charge in [0.25, 0.3) is 0 Å². The van der Waals surface area contributed by atoms with Crippen LogP contribution in [-0.2, 0) is 9.53 Å². The second kappa shape index (κ2) is 5.25. The lowest BCUT2D eigenvalue weighted by Crippen LogP contribution is -2.03. The fourth-order valence-corrected chi connectivity index (χ4v) is 1.91. The Morgan fingerprint density at radius 1 is 1.38 bits per heavy atom. The smallest absolute Gasteiger partial charge is 0.305 e. The molecule has 0 heterocycles. The Morgan fingerprint density at radius 2 is 2.15 bits per heavy atom. The van der Waals surface area contributed by atoms with Crippen molar-refractivity contribution in [2.45, 2.75) is 46.0 Å². The Labute approximate surface area is 80.7 Å². The molecule has 76 valence electrons. The first-order valence-electron chi connectivity index (χ1n) is 5.43. The molecule has 1 fully saturated rings. The number of esters is 1. The van der Waals surface area contributed by atoms with Gasteiger partial charge in [-0.05, 0) is 38.0 Å². The normalized spacial score (nSPS) is 25.7. The minimum Gasteiger partial charge on any atom is -0.466 e. The second-order valence-electron chi connectivity index (χ2n) is 3.86. The van der Waals surface area contributed by atoms with Crippen LogP contribution in [0.3, 0.4) is 0 Å². The molecule has 0 saturated heterocycles. The Bertz CT molecular complexity index is 165. The quantitative estimate of drug-likeness (QED) is 0.593. The van der Waals surface area contributed by atoms with E-state index in [0.717, 1.165) is 18.3 Å². The third-order valence-electron chi connectivity index (χ3n) is 2.85. The van der Waals surface area contributed by atoms with Crippen molar-refractivity contribution < 1.29 is 9.53 Å². The van der Waals surface area contributed by atoms with Crippen LogP contribution in [0.1, 0.15) is 46.0 Å². The highest BCUT2D eigenvalue weighted by Gasteiger charge is 2.34. The lowest BCUT2D eigenvalue weighted by molar-refractivity contribution is -0.143. The van der Waals surface area contributed by atoms with Gasteiger partial charge in [-0.3, -0.25) is 4.79 Å². The zero-order valence-corrected chi connectivity index (χ0v) is 8.71. The van der Waals surface area contributed by atoms with E-state index < -0.39 is 0 Å². The van der Waals surface area contributed by atoms with E-state index in [-0.39, 0.29) is 5.97 Å². The van der Waals surface area contributed by atoms with Crippen LogP contribution in [0, 0.1) is 11.8 Å². The summed E-state index contributed by atoms with van der Waals surface area (Å²) in [5, 5.41) is 0. The van der Waals surface area contributed by atoms with Crippen molar-refractivity contribution in [2.24, 2.45) is 11.8 Å². The molecule has 0 aliphatic heterocycles. The fourth-order valence-electron chi connectivity index (χ4n) is 1.91. The van der Waals surface area contributed by atoms with Crippen LogP contribution in [-0.4, -0.2) is 12.6 Å². The van der Waals surface area contributed by atoms with Gasteiger partial charge in [-0.25, -0.2) is 0 Å². The molecule has 0 N–H and O–H groups in total. The zero-order valence-electron chi connectivity index (χ0n) is 8.71. The van der Waals surface area contributed by atoms with E-state index in [0.29, 0.717) is 13.0 Å².